The Labute approximate surface area is 209 Å². The maximum absolute atomic E-state index is 2.49. The molecule has 0 atom stereocenters. The number of benzene rings is 2. The molecule has 0 aliphatic rings. The van der Waals surface area contributed by atoms with Crippen LogP contribution in [0.15, 0.2) is 73.1 Å². The number of hydrogen-bond acceptors (Lipinski definition) is 0. The molecule has 3 rings (SSSR count). The van der Waals surface area contributed by atoms with Crippen LogP contribution < -0.4 is 4.57 Å². The fraction of sp³-hybridized carbons (Fsp3) is 0.531. The van der Waals surface area contributed by atoms with Crippen LogP contribution in [0.1, 0.15) is 107 Å². The van der Waals surface area contributed by atoms with Gasteiger partial charge in [-0.3, -0.25) is 0 Å². The fourth-order valence-corrected chi connectivity index (χ4v) is 4.91. The lowest BCUT2D eigenvalue weighted by atomic mass is 10.0. The number of nitrogens with zero attached hydrogens (tertiary/aromatic N) is 2. The number of aromatic nitrogens is 2. The molecule has 1 aromatic heterocycles. The minimum atomic E-state index is 0.939. The normalized spacial score (nSPS) is 11.2. The van der Waals surface area contributed by atoms with Crippen LogP contribution in [0.2, 0.25) is 0 Å². The Bertz CT molecular complexity index is 882. The van der Waals surface area contributed by atoms with Crippen LogP contribution in [0.25, 0.3) is 0 Å². The van der Waals surface area contributed by atoms with Gasteiger partial charge in [0.05, 0.1) is 13.0 Å². The summed E-state index contributed by atoms with van der Waals surface area (Å²) >= 11 is 0. The summed E-state index contributed by atoms with van der Waals surface area (Å²) in [5, 5.41) is 0. The fourth-order valence-electron chi connectivity index (χ4n) is 4.91. The van der Waals surface area contributed by atoms with Crippen LogP contribution in [0.5, 0.6) is 0 Å². The van der Waals surface area contributed by atoms with Gasteiger partial charge in [-0.2, -0.15) is 0 Å². The molecule has 2 aromatic carbocycles. The molecule has 0 saturated heterocycles. The van der Waals surface area contributed by atoms with Crippen molar-refractivity contribution in [1.82, 2.24) is 4.57 Å². The van der Waals surface area contributed by atoms with Crippen LogP contribution in [0, 0.1) is 0 Å². The van der Waals surface area contributed by atoms with Crippen molar-refractivity contribution < 1.29 is 4.57 Å². The van der Waals surface area contributed by atoms with Crippen molar-refractivity contribution >= 4 is 0 Å². The van der Waals surface area contributed by atoms with E-state index in [-0.39, 0.29) is 0 Å². The van der Waals surface area contributed by atoms with Crippen LogP contribution in [-0.2, 0) is 19.5 Å². The molecule has 0 N–H and O–H groups in total. The summed E-state index contributed by atoms with van der Waals surface area (Å²) in [6, 6.07) is 21.7. The number of imidazole rings is 1. The molecule has 2 heteroatoms. The molecule has 34 heavy (non-hydrogen) atoms. The average Bonchev–Trinajstić information content (AvgIpc) is 3.24. The molecule has 0 aliphatic heterocycles. The van der Waals surface area contributed by atoms with E-state index < -0.39 is 0 Å². The highest BCUT2D eigenvalue weighted by molar-refractivity contribution is 5.19. The van der Waals surface area contributed by atoms with Gasteiger partial charge >= 0.3 is 0 Å². The molecule has 2 nitrogen and oxygen atoms in total. The quantitative estimate of drug-likeness (QED) is 0.133. The molecular formula is C32H47N2+. The van der Waals surface area contributed by atoms with Crippen molar-refractivity contribution in [3.8, 4) is 0 Å². The average molecular weight is 460 g/mol. The summed E-state index contributed by atoms with van der Waals surface area (Å²) in [5.41, 5.74) is 2.75. The molecule has 0 fully saturated rings. The first-order valence-electron chi connectivity index (χ1n) is 14.0. The molecule has 0 aliphatic carbocycles. The third-order valence-electron chi connectivity index (χ3n) is 6.99. The molecule has 184 valence electrons. The van der Waals surface area contributed by atoms with Crippen molar-refractivity contribution in [2.45, 2.75) is 110 Å². The van der Waals surface area contributed by atoms with Crippen molar-refractivity contribution in [3.05, 3.63) is 90.0 Å². The van der Waals surface area contributed by atoms with Crippen LogP contribution in [-0.4, -0.2) is 4.57 Å². The van der Waals surface area contributed by atoms with E-state index in [0.29, 0.717) is 0 Å². The molecule has 0 saturated carbocycles. The zero-order valence-corrected chi connectivity index (χ0v) is 21.6. The van der Waals surface area contributed by atoms with Gasteiger partial charge in [-0.15, -0.1) is 0 Å². The van der Waals surface area contributed by atoms with Crippen molar-refractivity contribution in [1.29, 1.82) is 0 Å². The zero-order valence-electron chi connectivity index (χ0n) is 21.6. The number of unbranched alkanes of at least 4 members (excludes halogenated alkanes) is 12. The van der Waals surface area contributed by atoms with Crippen molar-refractivity contribution in [2.75, 3.05) is 0 Å². The Morgan fingerprint density at radius 1 is 0.588 bits per heavy atom. The summed E-state index contributed by atoms with van der Waals surface area (Å²) < 4.78 is 4.93. The van der Waals surface area contributed by atoms with Crippen LogP contribution in [0.4, 0.5) is 0 Å². The number of aryl methyl sites for hydroxylation is 1. The molecule has 0 amide bonds. The summed E-state index contributed by atoms with van der Waals surface area (Å²) in [5.74, 6) is 1.41. The maximum atomic E-state index is 2.49. The van der Waals surface area contributed by atoms with E-state index in [9.17, 15) is 0 Å². The van der Waals surface area contributed by atoms with Gasteiger partial charge < -0.3 is 0 Å². The second-order valence-electron chi connectivity index (χ2n) is 9.93. The van der Waals surface area contributed by atoms with Gasteiger partial charge in [-0.05, 0) is 24.0 Å². The lowest BCUT2D eigenvalue weighted by Gasteiger charge is -2.07. The zero-order chi connectivity index (χ0) is 23.7. The summed E-state index contributed by atoms with van der Waals surface area (Å²) in [6.45, 7) is 4.36. The molecular weight excluding hydrogens is 412 g/mol. The van der Waals surface area contributed by atoms with E-state index in [2.05, 4.69) is 89.1 Å². The topological polar surface area (TPSA) is 8.81 Å². The number of hydrogen-bond donors (Lipinski definition) is 0. The Morgan fingerprint density at radius 3 is 1.65 bits per heavy atom. The Hall–Kier alpha value is -2.35. The standard InChI is InChI=1S/C32H47N2/c1-2-3-4-5-6-7-8-9-10-11-12-13-20-25-33-26-27-34(29-31-23-18-15-19-24-31)32(33)28-30-21-16-14-17-22-30/h14-19,21-24,26-27H,2-13,20,25,28-29H2,1H3/q+1. The largest absolute Gasteiger partial charge is 0.261 e. The summed E-state index contributed by atoms with van der Waals surface area (Å²) in [7, 11) is 0. The first-order chi connectivity index (χ1) is 16.9. The first kappa shape index (κ1) is 26.3. The van der Waals surface area contributed by atoms with Crippen molar-refractivity contribution in [2.24, 2.45) is 0 Å². The molecule has 3 aromatic rings. The van der Waals surface area contributed by atoms with E-state index in [0.717, 1.165) is 19.5 Å². The molecule has 0 spiro atoms. The lowest BCUT2D eigenvalue weighted by Crippen LogP contribution is -2.37. The van der Waals surface area contributed by atoms with Gasteiger partial charge in [0.25, 0.3) is 5.82 Å². The molecule has 0 bridgehead atoms. The van der Waals surface area contributed by atoms with Crippen LogP contribution >= 0.6 is 0 Å². The van der Waals surface area contributed by atoms with E-state index in [1.807, 2.05) is 0 Å². The predicted octanol–water partition coefficient (Wildman–Crippen LogP) is 8.51. The van der Waals surface area contributed by atoms with E-state index in [1.54, 1.807) is 0 Å². The van der Waals surface area contributed by atoms with E-state index >= 15 is 0 Å². The maximum Gasteiger partial charge on any atom is 0.261 e. The summed E-state index contributed by atoms with van der Waals surface area (Å²) in [6.07, 6.45) is 23.8. The highest BCUT2D eigenvalue weighted by Crippen LogP contribution is 2.13. The van der Waals surface area contributed by atoms with Gasteiger partial charge in [0.15, 0.2) is 0 Å². The Morgan fingerprint density at radius 2 is 1.09 bits per heavy atom. The monoisotopic (exact) mass is 459 g/mol. The second-order valence-corrected chi connectivity index (χ2v) is 9.93. The Kier molecular flexibility index (Phi) is 12.6. The summed E-state index contributed by atoms with van der Waals surface area (Å²) in [4.78, 5) is 0. The van der Waals surface area contributed by atoms with Gasteiger partial charge in [0, 0.05) is 0 Å². The van der Waals surface area contributed by atoms with Gasteiger partial charge in [0.1, 0.15) is 18.9 Å². The lowest BCUT2D eigenvalue weighted by molar-refractivity contribution is -0.703. The molecule has 1 heterocycles. The van der Waals surface area contributed by atoms with Gasteiger partial charge in [-0.1, -0.05) is 138 Å². The minimum Gasteiger partial charge on any atom is -0.234 e. The van der Waals surface area contributed by atoms with Crippen LogP contribution in [0.3, 0.4) is 0 Å². The predicted molar refractivity (Wildman–Crippen MR) is 145 cm³/mol. The minimum absolute atomic E-state index is 0.939. The SMILES string of the molecule is CCCCCCCCCCCCCCC[n+]1ccn(Cc2ccccc2)c1Cc1ccccc1. The highest BCUT2D eigenvalue weighted by Gasteiger charge is 2.17. The van der Waals surface area contributed by atoms with E-state index in [4.69, 9.17) is 0 Å². The highest BCUT2D eigenvalue weighted by atomic mass is 15.1. The molecule has 0 radical (unpaired) electrons. The van der Waals surface area contributed by atoms with Gasteiger partial charge in [0.2, 0.25) is 0 Å². The van der Waals surface area contributed by atoms with Gasteiger partial charge in [-0.25, -0.2) is 9.13 Å². The third-order valence-corrected chi connectivity index (χ3v) is 6.99. The number of rotatable bonds is 18. The second kappa shape index (κ2) is 16.3. The van der Waals surface area contributed by atoms with Crippen molar-refractivity contribution in [3.63, 3.8) is 0 Å². The first-order valence-corrected chi connectivity index (χ1v) is 14.0. The Balaban J connectivity index is 1.39. The third kappa shape index (κ3) is 9.87. The smallest absolute Gasteiger partial charge is 0.234 e. The van der Waals surface area contributed by atoms with E-state index in [1.165, 1.54) is 100 Å². The molecule has 0 unspecified atom stereocenters.